The Labute approximate surface area is 93.2 Å². The smallest absolute Gasteiger partial charge is 0.320 e. The Bertz CT molecular complexity index is 364. The molecule has 0 heterocycles. The summed E-state index contributed by atoms with van der Waals surface area (Å²) in [7, 11) is 0. The molecule has 0 aliphatic heterocycles. The molecular weight excluding hydrogens is 210 g/mol. The third kappa shape index (κ3) is 3.34. The predicted octanol–water partition coefficient (Wildman–Crippen LogP) is 1.61. The quantitative estimate of drug-likeness (QED) is 0.432. The summed E-state index contributed by atoms with van der Waals surface area (Å²) in [5.41, 5.74) is 0.609. The fourth-order valence-corrected chi connectivity index (χ4v) is 1.39. The normalized spacial score (nSPS) is 11.8. The first-order valence-corrected chi connectivity index (χ1v) is 4.98. The molecule has 1 atom stereocenters. The van der Waals surface area contributed by atoms with Crippen LogP contribution < -0.4 is 0 Å². The Balaban J connectivity index is 2.87. The van der Waals surface area contributed by atoms with Gasteiger partial charge in [-0.3, -0.25) is 14.9 Å². The van der Waals surface area contributed by atoms with Gasteiger partial charge in [-0.2, -0.15) is 0 Å². The Morgan fingerprint density at radius 1 is 1.44 bits per heavy atom. The molecule has 1 rings (SSSR count). The number of ether oxygens (including phenoxy) is 1. The summed E-state index contributed by atoms with van der Waals surface area (Å²) in [6.07, 6.45) is 0. The Hall–Kier alpha value is -1.91. The lowest BCUT2D eigenvalue weighted by molar-refractivity contribution is -0.481. The molecule has 0 spiro atoms. The van der Waals surface area contributed by atoms with Crippen molar-refractivity contribution in [2.75, 3.05) is 13.2 Å². The third-order valence-corrected chi connectivity index (χ3v) is 2.10. The van der Waals surface area contributed by atoms with Gasteiger partial charge in [0.05, 0.1) is 6.61 Å². The van der Waals surface area contributed by atoms with Gasteiger partial charge in [0.1, 0.15) is 5.92 Å². The first kappa shape index (κ1) is 12.2. The molecule has 86 valence electrons. The van der Waals surface area contributed by atoms with Crippen molar-refractivity contribution in [3.8, 4) is 0 Å². The van der Waals surface area contributed by atoms with Crippen LogP contribution in [0.15, 0.2) is 30.3 Å². The zero-order valence-electron chi connectivity index (χ0n) is 8.96. The van der Waals surface area contributed by atoms with Crippen LogP contribution in [-0.2, 0) is 9.53 Å². The minimum absolute atomic E-state index is 0.222. The summed E-state index contributed by atoms with van der Waals surface area (Å²) in [6, 6.07) is 8.64. The van der Waals surface area contributed by atoms with Gasteiger partial charge < -0.3 is 4.74 Å². The van der Waals surface area contributed by atoms with Crippen molar-refractivity contribution < 1.29 is 14.5 Å². The molecule has 16 heavy (non-hydrogen) atoms. The van der Waals surface area contributed by atoms with Crippen molar-refractivity contribution in [3.05, 3.63) is 46.0 Å². The van der Waals surface area contributed by atoms with E-state index in [-0.39, 0.29) is 6.61 Å². The van der Waals surface area contributed by atoms with Crippen LogP contribution in [0.2, 0.25) is 0 Å². The first-order valence-electron chi connectivity index (χ1n) is 4.98. The number of carbonyl (C=O) groups excluding carboxylic acids is 1. The minimum atomic E-state index is -0.823. The van der Waals surface area contributed by atoms with Crippen LogP contribution in [0.1, 0.15) is 18.4 Å². The fraction of sp³-hybridized carbons (Fsp3) is 0.364. The molecule has 0 saturated heterocycles. The predicted molar refractivity (Wildman–Crippen MR) is 57.7 cm³/mol. The summed E-state index contributed by atoms with van der Waals surface area (Å²) in [6.45, 7) is 1.45. The van der Waals surface area contributed by atoms with Crippen LogP contribution in [-0.4, -0.2) is 24.0 Å². The van der Waals surface area contributed by atoms with Crippen LogP contribution in [0.3, 0.4) is 0 Å². The molecule has 0 aliphatic carbocycles. The number of rotatable bonds is 5. The summed E-state index contributed by atoms with van der Waals surface area (Å²) in [5, 5.41) is 10.5. The Morgan fingerprint density at radius 2 is 2.06 bits per heavy atom. The topological polar surface area (TPSA) is 69.4 Å². The number of carbonyl (C=O) groups is 1. The zero-order chi connectivity index (χ0) is 12.0. The molecule has 0 aromatic heterocycles. The lowest BCUT2D eigenvalue weighted by Crippen LogP contribution is -2.23. The largest absolute Gasteiger partial charge is 0.465 e. The SMILES string of the molecule is CCOC(=O)[C@H](C[N+](=O)[O-])c1ccccc1. The summed E-state index contributed by atoms with van der Waals surface area (Å²) >= 11 is 0. The maximum Gasteiger partial charge on any atom is 0.320 e. The molecule has 1 aromatic rings. The maximum atomic E-state index is 11.6. The number of nitrogens with zero attached hydrogens (tertiary/aromatic N) is 1. The van der Waals surface area contributed by atoms with Crippen LogP contribution in [0, 0.1) is 10.1 Å². The number of esters is 1. The van der Waals surface area contributed by atoms with Crippen LogP contribution in [0.25, 0.3) is 0 Å². The minimum Gasteiger partial charge on any atom is -0.465 e. The van der Waals surface area contributed by atoms with Gasteiger partial charge in [0, 0.05) is 4.92 Å². The highest BCUT2D eigenvalue weighted by Gasteiger charge is 2.26. The molecule has 0 N–H and O–H groups in total. The third-order valence-electron chi connectivity index (χ3n) is 2.10. The number of benzene rings is 1. The van der Waals surface area contributed by atoms with Gasteiger partial charge in [-0.25, -0.2) is 0 Å². The molecule has 0 fully saturated rings. The van der Waals surface area contributed by atoms with Crippen molar-refractivity contribution in [3.63, 3.8) is 0 Å². The Morgan fingerprint density at radius 3 is 2.56 bits per heavy atom. The van der Waals surface area contributed by atoms with Crippen LogP contribution in [0.4, 0.5) is 0 Å². The molecule has 0 radical (unpaired) electrons. The second-order valence-corrected chi connectivity index (χ2v) is 3.23. The summed E-state index contributed by atoms with van der Waals surface area (Å²) < 4.78 is 4.82. The fourth-order valence-electron chi connectivity index (χ4n) is 1.39. The van der Waals surface area contributed by atoms with E-state index in [1.165, 1.54) is 0 Å². The van der Waals surface area contributed by atoms with Gasteiger partial charge in [-0.05, 0) is 12.5 Å². The second-order valence-electron chi connectivity index (χ2n) is 3.23. The molecule has 5 heteroatoms. The average Bonchev–Trinajstić information content (AvgIpc) is 2.27. The van der Waals surface area contributed by atoms with E-state index in [0.717, 1.165) is 0 Å². The number of hydrogen-bond acceptors (Lipinski definition) is 4. The average molecular weight is 223 g/mol. The number of hydrogen-bond donors (Lipinski definition) is 0. The molecule has 1 aromatic carbocycles. The highest BCUT2D eigenvalue weighted by molar-refractivity contribution is 5.78. The summed E-state index contributed by atoms with van der Waals surface area (Å²) in [4.78, 5) is 21.5. The van der Waals surface area contributed by atoms with Crippen molar-refractivity contribution in [1.82, 2.24) is 0 Å². The van der Waals surface area contributed by atoms with E-state index in [4.69, 9.17) is 4.74 Å². The molecule has 0 amide bonds. The van der Waals surface area contributed by atoms with Crippen molar-refractivity contribution in [2.24, 2.45) is 0 Å². The monoisotopic (exact) mass is 223 g/mol. The lowest BCUT2D eigenvalue weighted by atomic mass is 9.99. The lowest BCUT2D eigenvalue weighted by Gasteiger charge is -2.11. The van der Waals surface area contributed by atoms with Crippen LogP contribution >= 0.6 is 0 Å². The van der Waals surface area contributed by atoms with E-state index in [0.29, 0.717) is 5.56 Å². The first-order chi connectivity index (χ1) is 7.65. The van der Waals surface area contributed by atoms with Crippen molar-refractivity contribution >= 4 is 5.97 Å². The van der Waals surface area contributed by atoms with Gasteiger partial charge in [0.2, 0.25) is 6.54 Å². The zero-order valence-corrected chi connectivity index (χ0v) is 8.96. The molecule has 0 saturated carbocycles. The van der Waals surface area contributed by atoms with Gasteiger partial charge in [0.15, 0.2) is 0 Å². The summed E-state index contributed by atoms with van der Waals surface area (Å²) in [5.74, 6) is -1.37. The van der Waals surface area contributed by atoms with E-state index in [1.807, 2.05) is 0 Å². The van der Waals surface area contributed by atoms with E-state index in [9.17, 15) is 14.9 Å². The van der Waals surface area contributed by atoms with E-state index < -0.39 is 23.4 Å². The maximum absolute atomic E-state index is 11.6. The molecule has 0 aliphatic rings. The van der Waals surface area contributed by atoms with E-state index in [1.54, 1.807) is 37.3 Å². The van der Waals surface area contributed by atoms with E-state index >= 15 is 0 Å². The second kappa shape index (κ2) is 5.85. The molecule has 0 bridgehead atoms. The Kier molecular flexibility index (Phi) is 4.44. The van der Waals surface area contributed by atoms with Gasteiger partial charge in [0.25, 0.3) is 0 Å². The molecular formula is C11H13NO4. The van der Waals surface area contributed by atoms with Gasteiger partial charge in [-0.15, -0.1) is 0 Å². The van der Waals surface area contributed by atoms with Crippen LogP contribution in [0.5, 0.6) is 0 Å². The highest BCUT2D eigenvalue weighted by atomic mass is 16.6. The molecule has 0 unspecified atom stereocenters. The van der Waals surface area contributed by atoms with Gasteiger partial charge in [-0.1, -0.05) is 30.3 Å². The van der Waals surface area contributed by atoms with Crippen molar-refractivity contribution in [1.29, 1.82) is 0 Å². The number of nitro groups is 1. The standard InChI is InChI=1S/C11H13NO4/c1-2-16-11(13)10(8-12(14)15)9-6-4-3-5-7-9/h3-7,10H,2,8H2,1H3/t10-/m1/s1. The molecule has 5 nitrogen and oxygen atoms in total. The highest BCUT2D eigenvalue weighted by Crippen LogP contribution is 2.17. The van der Waals surface area contributed by atoms with Crippen molar-refractivity contribution in [2.45, 2.75) is 12.8 Å². The van der Waals surface area contributed by atoms with E-state index in [2.05, 4.69) is 0 Å². The van der Waals surface area contributed by atoms with Gasteiger partial charge >= 0.3 is 5.97 Å².